The molecular weight excluding hydrogens is 274 g/mol. The van der Waals surface area contributed by atoms with Gasteiger partial charge >= 0.3 is 0 Å². The normalized spacial score (nSPS) is 27.7. The van der Waals surface area contributed by atoms with E-state index in [1.165, 1.54) is 0 Å². The highest BCUT2D eigenvalue weighted by Gasteiger charge is 2.29. The van der Waals surface area contributed by atoms with Crippen molar-refractivity contribution in [2.75, 3.05) is 33.8 Å². The molecule has 5 atom stereocenters. The van der Waals surface area contributed by atoms with E-state index in [4.69, 9.17) is 5.73 Å². The molecular formula is C13H31N5O3. The smallest absolute Gasteiger partial charge is 0.133 e. The number of hydrogen-bond acceptors (Lipinski definition) is 8. The second-order valence-corrected chi connectivity index (χ2v) is 5.75. The molecule has 0 aromatic heterocycles. The van der Waals surface area contributed by atoms with Crippen molar-refractivity contribution in [2.24, 2.45) is 5.73 Å². The molecule has 1 aliphatic heterocycles. The second-order valence-electron chi connectivity index (χ2n) is 5.75. The quantitative estimate of drug-likeness (QED) is 0.170. The minimum Gasteiger partial charge on any atom is -0.395 e. The van der Waals surface area contributed by atoms with E-state index in [-0.39, 0.29) is 18.7 Å². The number of nitrogens with zero attached hydrogens (tertiary/aromatic N) is 1. The Balaban J connectivity index is 2.11. The summed E-state index contributed by atoms with van der Waals surface area (Å²) in [7, 11) is 3.66. The number of nitrogens with one attached hydrogen (secondary N) is 3. The highest BCUT2D eigenvalue weighted by Crippen LogP contribution is 2.15. The number of hydrogen-bond donors (Lipinski definition) is 7. The van der Waals surface area contributed by atoms with Crippen molar-refractivity contribution in [3.63, 3.8) is 0 Å². The van der Waals surface area contributed by atoms with E-state index in [1.807, 2.05) is 7.05 Å². The van der Waals surface area contributed by atoms with Crippen molar-refractivity contribution < 1.29 is 15.3 Å². The first-order chi connectivity index (χ1) is 9.97. The molecule has 0 radical (unpaired) electrons. The fraction of sp³-hybridized carbons (Fsp3) is 1.00. The van der Waals surface area contributed by atoms with Gasteiger partial charge in [-0.05, 0) is 39.9 Å². The number of likely N-dealkylation sites (N-methyl/N-ethyl adjacent to an activating group) is 2. The van der Waals surface area contributed by atoms with E-state index in [9.17, 15) is 15.3 Å². The van der Waals surface area contributed by atoms with Gasteiger partial charge in [0.15, 0.2) is 0 Å². The molecule has 0 aromatic rings. The molecule has 1 rings (SSSR count). The standard InChI is InChI=1S/C13H31N5O3/c1-15-12(14)13(21)16-5-3-4-11(20)17-9-6-10(8-19)18(2)7-9/h9-13,15-17,19-21H,3-8,14H2,1-2H3/t9?,10?,11?,12-,13?/m1/s1. The average molecular weight is 305 g/mol. The van der Waals surface area contributed by atoms with Crippen LogP contribution < -0.4 is 21.7 Å². The molecule has 1 heterocycles. The molecule has 1 fully saturated rings. The minimum atomic E-state index is -0.797. The first kappa shape index (κ1) is 18.7. The Morgan fingerprint density at radius 2 is 2.10 bits per heavy atom. The van der Waals surface area contributed by atoms with E-state index in [0.717, 1.165) is 19.4 Å². The summed E-state index contributed by atoms with van der Waals surface area (Å²) < 4.78 is 0. The Kier molecular flexibility index (Phi) is 8.60. The summed E-state index contributed by atoms with van der Waals surface area (Å²) in [5.41, 5.74) is 5.60. The van der Waals surface area contributed by atoms with E-state index in [1.54, 1.807) is 7.05 Å². The molecule has 0 spiro atoms. The highest BCUT2D eigenvalue weighted by molar-refractivity contribution is 4.87. The van der Waals surface area contributed by atoms with Gasteiger partial charge in [0.05, 0.1) is 12.8 Å². The molecule has 0 aromatic carbocycles. The molecule has 1 saturated heterocycles. The van der Waals surface area contributed by atoms with Gasteiger partial charge in [-0.1, -0.05) is 0 Å². The first-order valence-electron chi connectivity index (χ1n) is 7.57. The molecule has 8 heteroatoms. The van der Waals surface area contributed by atoms with Gasteiger partial charge in [0, 0.05) is 18.6 Å². The van der Waals surface area contributed by atoms with Crippen molar-refractivity contribution in [1.29, 1.82) is 0 Å². The molecule has 8 N–H and O–H groups in total. The summed E-state index contributed by atoms with van der Waals surface area (Å²) in [6.07, 6.45) is 0.300. The van der Waals surface area contributed by atoms with Crippen LogP contribution in [0.4, 0.5) is 0 Å². The van der Waals surface area contributed by atoms with Gasteiger partial charge in [0.1, 0.15) is 12.5 Å². The molecule has 21 heavy (non-hydrogen) atoms. The third kappa shape index (κ3) is 6.54. The van der Waals surface area contributed by atoms with E-state index in [0.29, 0.717) is 13.0 Å². The van der Waals surface area contributed by atoms with Gasteiger partial charge in [-0.3, -0.25) is 15.5 Å². The molecule has 0 saturated carbocycles. The van der Waals surface area contributed by atoms with Crippen LogP contribution >= 0.6 is 0 Å². The van der Waals surface area contributed by atoms with Crippen LogP contribution in [0.3, 0.4) is 0 Å². The zero-order chi connectivity index (χ0) is 15.8. The van der Waals surface area contributed by atoms with Crippen LogP contribution in [-0.2, 0) is 0 Å². The maximum Gasteiger partial charge on any atom is 0.133 e. The molecule has 0 amide bonds. The van der Waals surface area contributed by atoms with Crippen molar-refractivity contribution in [3.8, 4) is 0 Å². The summed E-state index contributed by atoms with van der Waals surface area (Å²) in [5.74, 6) is 0. The van der Waals surface area contributed by atoms with Crippen molar-refractivity contribution in [1.82, 2.24) is 20.9 Å². The Morgan fingerprint density at radius 1 is 1.38 bits per heavy atom. The van der Waals surface area contributed by atoms with E-state index >= 15 is 0 Å². The van der Waals surface area contributed by atoms with Crippen molar-refractivity contribution in [3.05, 3.63) is 0 Å². The van der Waals surface area contributed by atoms with Gasteiger partial charge in [0.25, 0.3) is 0 Å². The lowest BCUT2D eigenvalue weighted by Gasteiger charge is -2.21. The van der Waals surface area contributed by atoms with Gasteiger partial charge in [-0.15, -0.1) is 0 Å². The minimum absolute atomic E-state index is 0.151. The maximum absolute atomic E-state index is 9.96. The predicted octanol–water partition coefficient (Wildman–Crippen LogP) is -2.85. The van der Waals surface area contributed by atoms with Gasteiger partial charge < -0.3 is 26.4 Å². The number of nitrogens with two attached hydrogens (primary N) is 1. The van der Waals surface area contributed by atoms with Gasteiger partial charge in [-0.25, -0.2) is 0 Å². The van der Waals surface area contributed by atoms with Gasteiger partial charge in [0.2, 0.25) is 0 Å². The molecule has 4 unspecified atom stereocenters. The fourth-order valence-electron chi connectivity index (χ4n) is 2.60. The Morgan fingerprint density at radius 3 is 2.67 bits per heavy atom. The zero-order valence-electron chi connectivity index (χ0n) is 13.0. The fourth-order valence-corrected chi connectivity index (χ4v) is 2.60. The molecule has 8 nitrogen and oxygen atoms in total. The third-order valence-corrected chi connectivity index (χ3v) is 4.01. The lowest BCUT2D eigenvalue weighted by molar-refractivity contribution is 0.0895. The third-order valence-electron chi connectivity index (χ3n) is 4.01. The molecule has 1 aliphatic rings. The first-order valence-corrected chi connectivity index (χ1v) is 7.57. The van der Waals surface area contributed by atoms with Crippen LogP contribution in [-0.4, -0.2) is 84.7 Å². The van der Waals surface area contributed by atoms with E-state index < -0.39 is 18.6 Å². The summed E-state index contributed by atoms with van der Waals surface area (Å²) in [6.45, 7) is 1.56. The van der Waals surface area contributed by atoms with Gasteiger partial charge in [-0.2, -0.15) is 0 Å². The lowest BCUT2D eigenvalue weighted by atomic mass is 10.1. The van der Waals surface area contributed by atoms with Crippen LogP contribution in [0.1, 0.15) is 19.3 Å². The van der Waals surface area contributed by atoms with Crippen LogP contribution in [0.2, 0.25) is 0 Å². The van der Waals surface area contributed by atoms with Crippen LogP contribution in [0.25, 0.3) is 0 Å². The summed E-state index contributed by atoms with van der Waals surface area (Å²) >= 11 is 0. The summed E-state index contributed by atoms with van der Waals surface area (Å²) in [6, 6.07) is 0.382. The molecule has 0 aliphatic carbocycles. The van der Waals surface area contributed by atoms with Crippen LogP contribution in [0.15, 0.2) is 0 Å². The Labute approximate surface area is 126 Å². The topological polar surface area (TPSA) is 126 Å². The van der Waals surface area contributed by atoms with E-state index in [2.05, 4.69) is 20.9 Å². The molecule has 0 bridgehead atoms. The largest absolute Gasteiger partial charge is 0.395 e. The Hall–Kier alpha value is -0.320. The zero-order valence-corrected chi connectivity index (χ0v) is 13.0. The number of likely N-dealkylation sites (tertiary alicyclic amines) is 1. The average Bonchev–Trinajstić information content (AvgIpc) is 2.82. The van der Waals surface area contributed by atoms with Crippen LogP contribution in [0, 0.1) is 0 Å². The number of aliphatic hydroxyl groups excluding tert-OH is 3. The monoisotopic (exact) mass is 305 g/mol. The molecule has 126 valence electrons. The van der Waals surface area contributed by atoms with Crippen molar-refractivity contribution in [2.45, 2.75) is 50.0 Å². The summed E-state index contributed by atoms with van der Waals surface area (Å²) in [4.78, 5) is 2.10. The van der Waals surface area contributed by atoms with Crippen molar-refractivity contribution >= 4 is 0 Å². The number of rotatable bonds is 10. The van der Waals surface area contributed by atoms with Crippen LogP contribution in [0.5, 0.6) is 0 Å². The predicted molar refractivity (Wildman–Crippen MR) is 81.3 cm³/mol. The highest BCUT2D eigenvalue weighted by atomic mass is 16.3. The lowest BCUT2D eigenvalue weighted by Crippen LogP contribution is -2.52. The summed E-state index contributed by atoms with van der Waals surface area (Å²) in [5, 5.41) is 37.6. The number of aliphatic hydroxyl groups is 3. The SMILES string of the molecule is CN[C@@H](N)C(O)NCCCC(O)NC1CC(CO)N(C)C1. The second kappa shape index (κ2) is 9.65. The Bertz CT molecular complexity index is 285. The maximum atomic E-state index is 9.96.